The van der Waals surface area contributed by atoms with E-state index < -0.39 is 0 Å². The van der Waals surface area contributed by atoms with Crippen LogP contribution in [0.5, 0.6) is 0 Å². The molecule has 0 aromatic carbocycles. The van der Waals surface area contributed by atoms with Crippen LogP contribution in [-0.2, 0) is 0 Å². The molecular weight excluding hydrogens is 120 g/mol. The van der Waals surface area contributed by atoms with Gasteiger partial charge < -0.3 is 0 Å². The Kier molecular flexibility index (Phi) is 6.25. The molecule has 0 heteroatoms. The lowest BCUT2D eigenvalue weighted by molar-refractivity contribution is 0.865. The summed E-state index contributed by atoms with van der Waals surface area (Å²) < 4.78 is 0. The summed E-state index contributed by atoms with van der Waals surface area (Å²) in [6.45, 7) is 7.75. The van der Waals surface area contributed by atoms with Crippen LogP contribution in [0.2, 0.25) is 0 Å². The normalized spacial score (nSPS) is 12.9. The molecule has 0 fully saturated rings. The summed E-state index contributed by atoms with van der Waals surface area (Å²) in [6, 6.07) is 0. The van der Waals surface area contributed by atoms with Gasteiger partial charge in [-0.05, 0) is 38.3 Å². The van der Waals surface area contributed by atoms with Gasteiger partial charge in [-0.1, -0.05) is 25.5 Å². The molecule has 0 aromatic heterocycles. The molecule has 0 aliphatic carbocycles. The molecule has 0 rings (SSSR count). The Balaban J connectivity index is 3.37. The van der Waals surface area contributed by atoms with Crippen LogP contribution in [0.15, 0.2) is 17.7 Å². The molecule has 10 heavy (non-hydrogen) atoms. The summed E-state index contributed by atoms with van der Waals surface area (Å²) in [5.74, 6) is 0. The molecule has 0 saturated heterocycles. The van der Waals surface area contributed by atoms with Crippen molar-refractivity contribution in [2.75, 3.05) is 0 Å². The van der Waals surface area contributed by atoms with Crippen molar-refractivity contribution in [3.05, 3.63) is 30.7 Å². The lowest BCUT2D eigenvalue weighted by atomic mass is 10.2. The zero-order valence-corrected chi connectivity index (χ0v) is 6.98. The van der Waals surface area contributed by atoms with Gasteiger partial charge >= 0.3 is 0 Å². The van der Waals surface area contributed by atoms with Crippen LogP contribution in [0.25, 0.3) is 0 Å². The fourth-order valence-electron chi connectivity index (χ4n) is 0.606. The molecule has 0 unspecified atom stereocenters. The zero-order chi connectivity index (χ0) is 7.82. The Labute approximate surface area is 64.6 Å². The van der Waals surface area contributed by atoms with E-state index in [1.54, 1.807) is 0 Å². The largest absolute Gasteiger partial charge is 0.0843 e. The lowest BCUT2D eigenvalue weighted by Gasteiger charge is -1.88. The minimum Gasteiger partial charge on any atom is -0.0843 e. The Morgan fingerprint density at radius 1 is 1.60 bits per heavy atom. The summed E-state index contributed by atoms with van der Waals surface area (Å²) in [5.41, 5.74) is 1.21. The maximum absolute atomic E-state index is 3.77. The molecule has 0 aliphatic rings. The molecule has 0 aliphatic heterocycles. The maximum atomic E-state index is 3.77. The smallest absolute Gasteiger partial charge is 0.0348 e. The standard InChI is InChI=1S/C10H16/c1-4-6-7-8-9-10(3)5-2/h8-9H,1,4,6-7H2,2-3H3. The molecule has 0 atom stereocenters. The van der Waals surface area contributed by atoms with Crippen LogP contribution in [0, 0.1) is 13.0 Å². The Bertz CT molecular complexity index is 118. The average molecular weight is 136 g/mol. The number of allylic oxidation sites excluding steroid dienone is 4. The first-order valence-corrected chi connectivity index (χ1v) is 3.78. The van der Waals surface area contributed by atoms with Crippen molar-refractivity contribution in [2.24, 2.45) is 0 Å². The molecule has 0 bridgehead atoms. The van der Waals surface area contributed by atoms with E-state index in [1.807, 2.05) is 6.92 Å². The van der Waals surface area contributed by atoms with Crippen LogP contribution >= 0.6 is 0 Å². The van der Waals surface area contributed by atoms with Gasteiger partial charge in [0, 0.05) is 0 Å². The Morgan fingerprint density at radius 2 is 2.30 bits per heavy atom. The summed E-state index contributed by atoms with van der Waals surface area (Å²) in [6.07, 6.45) is 10.7. The van der Waals surface area contributed by atoms with Crippen molar-refractivity contribution in [1.82, 2.24) is 0 Å². The van der Waals surface area contributed by atoms with E-state index in [4.69, 9.17) is 0 Å². The molecular formula is C10H16. The third-order valence-electron chi connectivity index (χ3n) is 1.38. The van der Waals surface area contributed by atoms with Gasteiger partial charge in [-0.2, -0.15) is 0 Å². The van der Waals surface area contributed by atoms with E-state index in [0.29, 0.717) is 0 Å². The third-order valence-corrected chi connectivity index (χ3v) is 1.38. The van der Waals surface area contributed by atoms with Crippen LogP contribution in [-0.4, -0.2) is 0 Å². The predicted octanol–water partition coefficient (Wildman–Crippen LogP) is 3.32. The van der Waals surface area contributed by atoms with E-state index in [0.717, 1.165) is 12.8 Å². The van der Waals surface area contributed by atoms with E-state index in [-0.39, 0.29) is 0 Å². The summed E-state index contributed by atoms with van der Waals surface area (Å²) >= 11 is 0. The second kappa shape index (κ2) is 6.60. The second-order valence-corrected chi connectivity index (χ2v) is 2.33. The first kappa shape index (κ1) is 9.48. The van der Waals surface area contributed by atoms with E-state index in [1.165, 1.54) is 12.0 Å². The minimum atomic E-state index is 1.03. The first-order chi connectivity index (χ1) is 4.81. The molecule has 56 valence electrons. The van der Waals surface area contributed by atoms with Gasteiger partial charge in [-0.15, -0.1) is 0 Å². The van der Waals surface area contributed by atoms with Gasteiger partial charge in [0.25, 0.3) is 0 Å². The van der Waals surface area contributed by atoms with E-state index in [2.05, 4.69) is 32.1 Å². The lowest BCUT2D eigenvalue weighted by Crippen LogP contribution is -1.69. The van der Waals surface area contributed by atoms with Crippen LogP contribution < -0.4 is 0 Å². The SMILES string of the molecule is [CH2]CCCC=C/C(C)=[C]/C. The molecule has 0 spiro atoms. The Morgan fingerprint density at radius 3 is 2.80 bits per heavy atom. The van der Waals surface area contributed by atoms with Crippen molar-refractivity contribution < 1.29 is 0 Å². The third kappa shape index (κ3) is 5.61. The summed E-state index contributed by atoms with van der Waals surface area (Å²) in [5, 5.41) is 0. The maximum Gasteiger partial charge on any atom is -0.0348 e. The average Bonchev–Trinajstić information content (AvgIpc) is 1.98. The van der Waals surface area contributed by atoms with Crippen LogP contribution in [0.1, 0.15) is 33.1 Å². The van der Waals surface area contributed by atoms with Crippen molar-refractivity contribution in [3.63, 3.8) is 0 Å². The first-order valence-electron chi connectivity index (χ1n) is 3.78. The molecule has 0 saturated carbocycles. The van der Waals surface area contributed by atoms with Gasteiger partial charge in [0.2, 0.25) is 0 Å². The molecule has 2 radical (unpaired) electrons. The van der Waals surface area contributed by atoms with Gasteiger partial charge in [0.05, 0.1) is 0 Å². The van der Waals surface area contributed by atoms with Crippen LogP contribution in [0.4, 0.5) is 0 Å². The number of rotatable bonds is 4. The molecule has 0 amide bonds. The topological polar surface area (TPSA) is 0 Å². The fraction of sp³-hybridized carbons (Fsp3) is 0.500. The second-order valence-electron chi connectivity index (χ2n) is 2.33. The molecule has 0 aromatic rings. The highest BCUT2D eigenvalue weighted by Gasteiger charge is 1.78. The van der Waals surface area contributed by atoms with Crippen molar-refractivity contribution >= 4 is 0 Å². The minimum absolute atomic E-state index is 1.03. The number of hydrogen-bond acceptors (Lipinski definition) is 0. The van der Waals surface area contributed by atoms with Gasteiger partial charge in [-0.25, -0.2) is 0 Å². The fourth-order valence-corrected chi connectivity index (χ4v) is 0.606. The molecule has 0 N–H and O–H groups in total. The highest BCUT2D eigenvalue weighted by Crippen LogP contribution is 1.98. The monoisotopic (exact) mass is 136 g/mol. The highest BCUT2D eigenvalue weighted by atomic mass is 13.8. The molecule has 0 nitrogen and oxygen atoms in total. The number of hydrogen-bond donors (Lipinski definition) is 0. The quantitative estimate of drug-likeness (QED) is 0.411. The highest BCUT2D eigenvalue weighted by molar-refractivity contribution is 5.11. The van der Waals surface area contributed by atoms with Gasteiger partial charge in [0.15, 0.2) is 0 Å². The van der Waals surface area contributed by atoms with E-state index >= 15 is 0 Å². The zero-order valence-electron chi connectivity index (χ0n) is 6.98. The van der Waals surface area contributed by atoms with Gasteiger partial charge in [0.1, 0.15) is 0 Å². The van der Waals surface area contributed by atoms with Gasteiger partial charge in [-0.3, -0.25) is 0 Å². The summed E-state index contributed by atoms with van der Waals surface area (Å²) in [7, 11) is 0. The van der Waals surface area contributed by atoms with Crippen molar-refractivity contribution in [1.29, 1.82) is 0 Å². The number of unbranched alkanes of at least 4 members (excludes halogenated alkanes) is 2. The van der Waals surface area contributed by atoms with Crippen LogP contribution in [0.3, 0.4) is 0 Å². The van der Waals surface area contributed by atoms with Crippen molar-refractivity contribution in [3.8, 4) is 0 Å². The molecule has 0 heterocycles. The van der Waals surface area contributed by atoms with E-state index in [9.17, 15) is 0 Å². The summed E-state index contributed by atoms with van der Waals surface area (Å²) in [4.78, 5) is 0. The van der Waals surface area contributed by atoms with Crippen molar-refractivity contribution in [2.45, 2.75) is 33.1 Å². The predicted molar refractivity (Wildman–Crippen MR) is 46.5 cm³/mol. The Hall–Kier alpha value is -0.520.